The third-order valence-corrected chi connectivity index (χ3v) is 12.2. The van der Waals surface area contributed by atoms with Crippen molar-refractivity contribution in [3.8, 4) is 0 Å². The molecule has 2 aliphatic heterocycles. The van der Waals surface area contributed by atoms with Crippen LogP contribution < -0.4 is 27.8 Å². The summed E-state index contributed by atoms with van der Waals surface area (Å²) in [6.07, 6.45) is 15.2. The Bertz CT molecular complexity index is 2480. The second kappa shape index (κ2) is 22.1. The molecular formula is C47H61N13O3. The van der Waals surface area contributed by atoms with Gasteiger partial charge in [-0.15, -0.1) is 0 Å². The van der Waals surface area contributed by atoms with Crippen molar-refractivity contribution in [2.24, 2.45) is 17.6 Å². The second-order valence-corrected chi connectivity index (χ2v) is 16.5. The van der Waals surface area contributed by atoms with E-state index in [1.54, 1.807) is 24.8 Å². The van der Waals surface area contributed by atoms with E-state index in [4.69, 9.17) is 22.3 Å². The number of fused-ring (bicyclic) bond motifs is 2. The number of benzene rings is 2. The van der Waals surface area contributed by atoms with E-state index in [1.165, 1.54) is 18.0 Å². The van der Waals surface area contributed by atoms with Crippen LogP contribution in [-0.4, -0.2) is 110 Å². The van der Waals surface area contributed by atoms with Gasteiger partial charge in [-0.1, -0.05) is 24.3 Å². The Hall–Kier alpha value is -6.36. The lowest BCUT2D eigenvalue weighted by molar-refractivity contribution is 0.0690. The van der Waals surface area contributed by atoms with Crippen molar-refractivity contribution >= 4 is 56.6 Å². The van der Waals surface area contributed by atoms with E-state index in [1.807, 2.05) is 36.4 Å². The highest BCUT2D eigenvalue weighted by Gasteiger charge is 2.21. The summed E-state index contributed by atoms with van der Waals surface area (Å²) < 4.78 is 0. The number of carbonyl (C=O) groups excluding carboxylic acids is 1. The second-order valence-electron chi connectivity index (χ2n) is 16.5. The number of pyridine rings is 2. The number of nitrogens with two attached hydrogens (primary N) is 3. The smallest absolute Gasteiger partial charge is 0.358 e. The fourth-order valence-corrected chi connectivity index (χ4v) is 8.12. The van der Waals surface area contributed by atoms with Gasteiger partial charge in [-0.25, -0.2) is 34.7 Å². The van der Waals surface area contributed by atoms with Crippen LogP contribution in [0.1, 0.15) is 75.3 Å². The number of ketones is 1. The Balaban J connectivity index is 0.000000174. The number of carboxylic acids is 1. The van der Waals surface area contributed by atoms with E-state index in [-0.39, 0.29) is 11.5 Å². The monoisotopic (exact) mass is 856 g/mol. The number of rotatable bonds is 12. The largest absolute Gasteiger partial charge is 0.476 e. The van der Waals surface area contributed by atoms with Crippen LogP contribution in [-0.2, 0) is 13.0 Å². The quantitative estimate of drug-likeness (QED) is 0.0774. The average molecular weight is 856 g/mol. The van der Waals surface area contributed by atoms with Gasteiger partial charge in [0.2, 0.25) is 0 Å². The summed E-state index contributed by atoms with van der Waals surface area (Å²) in [6.45, 7) is 10.7. The zero-order valence-electron chi connectivity index (χ0n) is 36.8. The molecule has 0 atom stereocenters. The highest BCUT2D eigenvalue weighted by Crippen LogP contribution is 2.27. The molecule has 6 aromatic rings. The normalized spacial score (nSPS) is 14.9. The van der Waals surface area contributed by atoms with Gasteiger partial charge in [-0.3, -0.25) is 4.79 Å². The zero-order valence-corrected chi connectivity index (χ0v) is 36.8. The Labute approximate surface area is 369 Å². The van der Waals surface area contributed by atoms with Crippen molar-refractivity contribution < 1.29 is 14.7 Å². The molecule has 6 heterocycles. The number of hydrogen-bond acceptors (Lipinski definition) is 15. The maximum absolute atomic E-state index is 13.0. The molecule has 2 aromatic carbocycles. The fourth-order valence-electron chi connectivity index (χ4n) is 8.12. The number of likely N-dealkylation sites (tertiary alicyclic amines) is 2. The number of hydrogen-bond donors (Lipinski definition) is 6. The Morgan fingerprint density at radius 2 is 1.06 bits per heavy atom. The number of Topliss-reactive ketones (excluding diaryl/α,β-unsaturated/α-hetero) is 1. The van der Waals surface area contributed by atoms with Crippen LogP contribution in [0.4, 0.5) is 23.3 Å². The number of nitrogen functional groups attached to an aromatic ring is 2. The van der Waals surface area contributed by atoms with E-state index in [0.717, 1.165) is 103 Å². The first kappa shape index (κ1) is 46.2. The Morgan fingerprint density at radius 3 is 1.56 bits per heavy atom. The van der Waals surface area contributed by atoms with Crippen molar-refractivity contribution in [1.29, 1.82) is 0 Å². The molecule has 0 aliphatic carbocycles. The molecule has 16 nitrogen and oxygen atoms in total. The van der Waals surface area contributed by atoms with E-state index in [2.05, 4.69) is 78.3 Å². The summed E-state index contributed by atoms with van der Waals surface area (Å²) in [5, 5.41) is 19.7. The minimum atomic E-state index is -1.05. The summed E-state index contributed by atoms with van der Waals surface area (Å²) in [5.74, 6) is 2.21. The Morgan fingerprint density at radius 1 is 0.619 bits per heavy atom. The number of aromatic carboxylic acids is 1. The fraction of sp³-hybridized carbons (Fsp3) is 0.404. The summed E-state index contributed by atoms with van der Waals surface area (Å²) in [7, 11) is 4.28. The third-order valence-electron chi connectivity index (χ3n) is 12.2. The molecule has 0 amide bonds. The van der Waals surface area contributed by atoms with Gasteiger partial charge in [0.25, 0.3) is 0 Å². The predicted octanol–water partition coefficient (Wildman–Crippen LogP) is 6.00. The number of nitrogens with one attached hydrogen (secondary N) is 2. The van der Waals surface area contributed by atoms with Gasteiger partial charge in [-0.05, 0) is 143 Å². The lowest BCUT2D eigenvalue weighted by Gasteiger charge is -2.29. The number of anilines is 4. The summed E-state index contributed by atoms with van der Waals surface area (Å²) >= 11 is 0. The zero-order chi connectivity index (χ0) is 44.9. The molecule has 4 aromatic heterocycles. The first-order valence-corrected chi connectivity index (χ1v) is 21.6. The highest BCUT2D eigenvalue weighted by molar-refractivity contribution is 5.99. The van der Waals surface area contributed by atoms with E-state index in [9.17, 15) is 9.59 Å². The number of carbonyl (C=O) groups is 2. The van der Waals surface area contributed by atoms with Gasteiger partial charge in [0.1, 0.15) is 17.3 Å². The first-order valence-electron chi connectivity index (χ1n) is 21.6. The molecule has 2 fully saturated rings. The SMILES string of the molecule is CN1CCC(CNc2nccnc2C(=O)O)CC1.Cc1c(CCC(=O)c2nccnc2NCC2CCN(C)CC2)ccc2c(N)nccc12.Cc1c(CN)ccc2c(N)nccc12. The van der Waals surface area contributed by atoms with Gasteiger partial charge in [-0.2, -0.15) is 0 Å². The van der Waals surface area contributed by atoms with Crippen molar-refractivity contribution in [2.45, 2.75) is 58.9 Å². The van der Waals surface area contributed by atoms with Gasteiger partial charge in [0.15, 0.2) is 23.1 Å². The molecule has 0 radical (unpaired) electrons. The maximum Gasteiger partial charge on any atom is 0.358 e. The molecule has 0 spiro atoms. The predicted molar refractivity (Wildman–Crippen MR) is 251 cm³/mol. The van der Waals surface area contributed by atoms with Crippen LogP contribution >= 0.6 is 0 Å². The summed E-state index contributed by atoms with van der Waals surface area (Å²) in [5.41, 5.74) is 22.4. The lowest BCUT2D eigenvalue weighted by Crippen LogP contribution is -2.33. The minimum absolute atomic E-state index is 0.00715. The van der Waals surface area contributed by atoms with Crippen LogP contribution in [0.25, 0.3) is 21.5 Å². The molecule has 2 aliphatic rings. The van der Waals surface area contributed by atoms with Crippen molar-refractivity contribution in [3.63, 3.8) is 0 Å². The number of piperidine rings is 2. The molecule has 0 unspecified atom stereocenters. The Kier molecular flexibility index (Phi) is 16.2. The van der Waals surface area contributed by atoms with Crippen LogP contribution in [0, 0.1) is 25.7 Å². The summed E-state index contributed by atoms with van der Waals surface area (Å²) in [4.78, 5) is 53.4. The molecule has 2 saturated heterocycles. The van der Waals surface area contributed by atoms with Crippen molar-refractivity contribution in [2.75, 3.05) is 75.5 Å². The number of aromatic nitrogens is 6. The van der Waals surface area contributed by atoms with E-state index in [0.29, 0.717) is 60.2 Å². The topological polar surface area (TPSA) is 240 Å². The molecule has 0 bridgehead atoms. The van der Waals surface area contributed by atoms with Crippen LogP contribution in [0.3, 0.4) is 0 Å². The molecule has 8 rings (SSSR count). The molecule has 0 saturated carbocycles. The van der Waals surface area contributed by atoms with Crippen molar-refractivity contribution in [3.05, 3.63) is 107 Å². The van der Waals surface area contributed by atoms with E-state index >= 15 is 0 Å². The summed E-state index contributed by atoms with van der Waals surface area (Å²) in [6, 6.07) is 12.0. The number of carboxylic acid groups (broad SMARTS) is 1. The van der Waals surface area contributed by atoms with Gasteiger partial charge in [0.05, 0.1) is 0 Å². The first-order chi connectivity index (χ1) is 30.4. The van der Waals surface area contributed by atoms with Crippen LogP contribution in [0.5, 0.6) is 0 Å². The third kappa shape index (κ3) is 12.2. The molecule has 332 valence electrons. The molecule has 63 heavy (non-hydrogen) atoms. The lowest BCUT2D eigenvalue weighted by atomic mass is 9.96. The number of nitrogens with zero attached hydrogens (tertiary/aromatic N) is 8. The van der Waals surface area contributed by atoms with Gasteiger partial charge < -0.3 is 42.7 Å². The van der Waals surface area contributed by atoms with Gasteiger partial charge in [0, 0.05) is 74.0 Å². The average Bonchev–Trinajstić information content (AvgIpc) is 3.29. The van der Waals surface area contributed by atoms with E-state index < -0.39 is 5.97 Å². The number of aryl methyl sites for hydroxylation is 3. The molecular weight excluding hydrogens is 795 g/mol. The van der Waals surface area contributed by atoms with Crippen LogP contribution in [0.15, 0.2) is 73.6 Å². The minimum Gasteiger partial charge on any atom is -0.476 e. The maximum atomic E-state index is 13.0. The molecule has 16 heteroatoms. The van der Waals surface area contributed by atoms with Crippen molar-refractivity contribution in [1.82, 2.24) is 39.7 Å². The van der Waals surface area contributed by atoms with Gasteiger partial charge >= 0.3 is 5.97 Å². The van der Waals surface area contributed by atoms with Crippen LogP contribution in [0.2, 0.25) is 0 Å². The molecule has 9 N–H and O–H groups in total. The highest BCUT2D eigenvalue weighted by atomic mass is 16.4. The standard InChI is InChI=1S/C24H30N6O.C12H18N4O2.C11H13N3/c1-16-18(3-5-20-19(16)7-10-27-23(20)25)4-6-21(31)22-24(28-12-11-26-22)29-15-17-8-13-30(2)14-9-17;1-16-6-2-9(3-7-16)8-15-11-10(12(17)18)13-4-5-14-11;1-7-8(6-12)2-3-10-9(7)4-5-14-11(10)13/h3,5,7,10-12,17H,4,6,8-9,13-15H2,1-2H3,(H2,25,27)(H,28,29);4-5,9H,2-3,6-8H2,1H3,(H,14,15)(H,17,18);2-5H,6,12H2,1H3,(H2,13,14).